The molecule has 128 valence electrons. The molecule has 2 aromatic carbocycles. The van der Waals surface area contributed by atoms with Crippen molar-refractivity contribution in [3.63, 3.8) is 0 Å². The Bertz CT molecular complexity index is 777. The molecule has 0 fully saturated rings. The van der Waals surface area contributed by atoms with Crippen LogP contribution in [0.2, 0.25) is 0 Å². The number of ether oxygens (including phenoxy) is 3. The molecule has 2 rings (SSSR count). The Kier molecular flexibility index (Phi) is 5.82. The van der Waals surface area contributed by atoms with Gasteiger partial charge in [-0.15, -0.1) is 0 Å². The summed E-state index contributed by atoms with van der Waals surface area (Å²) in [6.45, 7) is 2.24. The second kappa shape index (κ2) is 7.84. The first-order valence-corrected chi connectivity index (χ1v) is 7.61. The zero-order valence-electron chi connectivity index (χ0n) is 14.4. The highest BCUT2D eigenvalue weighted by Crippen LogP contribution is 2.41. The van der Waals surface area contributed by atoms with Crippen LogP contribution in [0.25, 0.3) is 16.8 Å². The van der Waals surface area contributed by atoms with Crippen LogP contribution in [-0.4, -0.2) is 39.0 Å². The molecule has 0 heterocycles. The summed E-state index contributed by atoms with van der Waals surface area (Å²) in [4.78, 5) is 11.5. The van der Waals surface area contributed by atoms with Gasteiger partial charge in [0.05, 0.1) is 20.8 Å². The average molecular weight is 330 g/mol. The van der Waals surface area contributed by atoms with Gasteiger partial charge in [-0.3, -0.25) is 0 Å². The number of aliphatic carboxylic acids is 1. The molecule has 0 atom stereocenters. The third-order valence-electron chi connectivity index (χ3n) is 3.98. The van der Waals surface area contributed by atoms with E-state index in [1.165, 1.54) is 0 Å². The van der Waals surface area contributed by atoms with Gasteiger partial charge >= 0.3 is 5.97 Å². The molecule has 0 amide bonds. The lowest BCUT2D eigenvalue weighted by Gasteiger charge is -2.17. The van der Waals surface area contributed by atoms with Gasteiger partial charge in [0.1, 0.15) is 11.5 Å². The zero-order chi connectivity index (χ0) is 17.7. The van der Waals surface area contributed by atoms with Crippen LogP contribution >= 0.6 is 0 Å². The number of carboxylic acid groups (broad SMARTS) is 1. The van der Waals surface area contributed by atoms with Crippen LogP contribution in [0.4, 0.5) is 0 Å². The molecule has 0 aliphatic carbocycles. The molecule has 24 heavy (non-hydrogen) atoms. The fourth-order valence-corrected chi connectivity index (χ4v) is 2.80. The Morgan fingerprint density at radius 2 is 1.67 bits per heavy atom. The highest BCUT2D eigenvalue weighted by molar-refractivity contribution is 6.00. The van der Waals surface area contributed by atoms with Gasteiger partial charge in [-0.1, -0.05) is 24.3 Å². The minimum absolute atomic E-state index is 0.260. The minimum atomic E-state index is -0.972. The van der Waals surface area contributed by atoms with Crippen molar-refractivity contribution in [3.05, 3.63) is 41.0 Å². The summed E-state index contributed by atoms with van der Waals surface area (Å²) in [6, 6.07) is 7.74. The van der Waals surface area contributed by atoms with E-state index in [9.17, 15) is 9.90 Å². The van der Waals surface area contributed by atoms with Crippen LogP contribution in [0.15, 0.2) is 29.8 Å². The Morgan fingerprint density at radius 1 is 1.08 bits per heavy atom. The van der Waals surface area contributed by atoms with E-state index >= 15 is 0 Å². The van der Waals surface area contributed by atoms with Crippen molar-refractivity contribution in [2.75, 3.05) is 27.9 Å². The first-order valence-electron chi connectivity index (χ1n) is 7.61. The molecule has 0 aliphatic rings. The summed E-state index contributed by atoms with van der Waals surface area (Å²) in [7, 11) is 4.74. The van der Waals surface area contributed by atoms with Crippen molar-refractivity contribution >= 4 is 22.8 Å². The highest BCUT2D eigenvalue weighted by atomic mass is 16.5. The van der Waals surface area contributed by atoms with Crippen molar-refractivity contribution in [1.29, 1.82) is 0 Å². The van der Waals surface area contributed by atoms with E-state index in [0.29, 0.717) is 30.1 Å². The van der Waals surface area contributed by atoms with Crippen molar-refractivity contribution in [3.8, 4) is 11.5 Å². The van der Waals surface area contributed by atoms with Gasteiger partial charge in [0.15, 0.2) is 0 Å². The number of rotatable bonds is 7. The minimum Gasteiger partial charge on any atom is -0.496 e. The number of fused-ring (bicyclic) bond motifs is 1. The van der Waals surface area contributed by atoms with Crippen LogP contribution in [0.5, 0.6) is 11.5 Å². The molecule has 0 aromatic heterocycles. The van der Waals surface area contributed by atoms with E-state index in [-0.39, 0.29) is 5.57 Å². The molecule has 0 saturated heterocycles. The van der Waals surface area contributed by atoms with Gasteiger partial charge < -0.3 is 19.3 Å². The number of carboxylic acids is 1. The summed E-state index contributed by atoms with van der Waals surface area (Å²) in [5, 5.41) is 11.3. The van der Waals surface area contributed by atoms with E-state index in [4.69, 9.17) is 14.2 Å². The van der Waals surface area contributed by atoms with E-state index in [1.807, 2.05) is 31.2 Å². The third kappa shape index (κ3) is 3.36. The largest absolute Gasteiger partial charge is 0.496 e. The fourth-order valence-electron chi connectivity index (χ4n) is 2.80. The zero-order valence-corrected chi connectivity index (χ0v) is 14.4. The first kappa shape index (κ1) is 17.8. The van der Waals surface area contributed by atoms with Gasteiger partial charge in [-0.2, -0.15) is 0 Å². The van der Waals surface area contributed by atoms with E-state index in [0.717, 1.165) is 16.3 Å². The van der Waals surface area contributed by atoms with Gasteiger partial charge in [-0.25, -0.2) is 4.79 Å². The molecule has 5 heteroatoms. The van der Waals surface area contributed by atoms with Crippen molar-refractivity contribution < 1.29 is 24.1 Å². The lowest BCUT2D eigenvalue weighted by atomic mass is 9.96. The summed E-state index contributed by atoms with van der Waals surface area (Å²) in [6.07, 6.45) is 1.95. The fraction of sp³-hybridized carbons (Fsp3) is 0.316. The van der Waals surface area contributed by atoms with Gasteiger partial charge in [0, 0.05) is 41.0 Å². The number of methoxy groups -OCH3 is 3. The maximum absolute atomic E-state index is 11.5. The first-order chi connectivity index (χ1) is 11.5. The second-order valence-corrected chi connectivity index (χ2v) is 5.37. The van der Waals surface area contributed by atoms with Crippen LogP contribution < -0.4 is 9.47 Å². The van der Waals surface area contributed by atoms with Crippen LogP contribution in [0, 0.1) is 6.92 Å². The normalized spacial score (nSPS) is 11.6. The molecule has 0 unspecified atom stereocenters. The predicted octanol–water partition coefficient (Wildman–Crippen LogP) is 3.67. The second-order valence-electron chi connectivity index (χ2n) is 5.37. The van der Waals surface area contributed by atoms with Crippen molar-refractivity contribution in [2.24, 2.45) is 0 Å². The quantitative estimate of drug-likeness (QED) is 0.785. The van der Waals surface area contributed by atoms with Gasteiger partial charge in [-0.05, 0) is 13.0 Å². The van der Waals surface area contributed by atoms with E-state index in [2.05, 4.69) is 0 Å². The Labute approximate surface area is 141 Å². The average Bonchev–Trinajstić information content (AvgIpc) is 2.58. The lowest BCUT2D eigenvalue weighted by Crippen LogP contribution is -2.05. The maximum Gasteiger partial charge on any atom is 0.331 e. The number of hydrogen-bond donors (Lipinski definition) is 1. The van der Waals surface area contributed by atoms with Crippen molar-refractivity contribution in [2.45, 2.75) is 13.3 Å². The Balaban J connectivity index is 2.77. The van der Waals surface area contributed by atoms with E-state index < -0.39 is 5.97 Å². The van der Waals surface area contributed by atoms with E-state index in [1.54, 1.807) is 27.4 Å². The molecule has 0 aliphatic heterocycles. The molecule has 0 bridgehead atoms. The van der Waals surface area contributed by atoms with Crippen LogP contribution in [0.1, 0.15) is 17.5 Å². The number of benzene rings is 2. The number of carbonyl (C=O) groups is 1. The number of hydrogen-bond acceptors (Lipinski definition) is 4. The van der Waals surface area contributed by atoms with Crippen molar-refractivity contribution in [1.82, 2.24) is 0 Å². The molecule has 0 saturated carbocycles. The standard InChI is InChI=1S/C19H22O5/c1-12-16(11-13(19(20)21)9-10-22-2)18(24-4)15-8-6-5-7-14(15)17(12)23-3/h5-8,11H,9-10H2,1-4H3,(H,20,21)/b13-11+. The molecular weight excluding hydrogens is 308 g/mol. The summed E-state index contributed by atoms with van der Waals surface area (Å²) < 4.78 is 16.2. The monoisotopic (exact) mass is 330 g/mol. The molecule has 2 aromatic rings. The SMILES string of the molecule is COCC/C(=C\c1c(C)c(OC)c2ccccc2c1OC)C(=O)O. The summed E-state index contributed by atoms with van der Waals surface area (Å²) in [5.74, 6) is 0.384. The third-order valence-corrected chi connectivity index (χ3v) is 3.98. The predicted molar refractivity (Wildman–Crippen MR) is 93.9 cm³/mol. The summed E-state index contributed by atoms with van der Waals surface area (Å²) >= 11 is 0. The van der Waals surface area contributed by atoms with Crippen LogP contribution in [0.3, 0.4) is 0 Å². The van der Waals surface area contributed by atoms with Gasteiger partial charge in [0.2, 0.25) is 0 Å². The molecule has 1 N–H and O–H groups in total. The van der Waals surface area contributed by atoms with Crippen LogP contribution in [-0.2, 0) is 9.53 Å². The smallest absolute Gasteiger partial charge is 0.331 e. The lowest BCUT2D eigenvalue weighted by molar-refractivity contribution is -0.132. The molecule has 5 nitrogen and oxygen atoms in total. The highest BCUT2D eigenvalue weighted by Gasteiger charge is 2.18. The molecule has 0 spiro atoms. The van der Waals surface area contributed by atoms with Gasteiger partial charge in [0.25, 0.3) is 0 Å². The maximum atomic E-state index is 11.5. The Morgan fingerprint density at radius 3 is 2.17 bits per heavy atom. The molecule has 0 radical (unpaired) electrons. The Hall–Kier alpha value is -2.53. The summed E-state index contributed by atoms with van der Waals surface area (Å²) in [5.41, 5.74) is 1.81. The molecular formula is C19H22O5. The topological polar surface area (TPSA) is 65.0 Å².